The summed E-state index contributed by atoms with van der Waals surface area (Å²) in [6.45, 7) is 1.87. The highest BCUT2D eigenvalue weighted by atomic mass is 16.5. The summed E-state index contributed by atoms with van der Waals surface area (Å²) in [4.78, 5) is 43.7. The SMILES string of the molecule is Cc1nc(CN(C)C(=O)c2cccc(N3NC(=O)[C@H]4CC=CC[C@H]4C3=O)c2)no1. The standard InChI is InChI=1S/C20H21N5O4/c1-12-21-17(23-29-12)11-24(2)19(27)13-6-5-7-14(10-13)25-20(28)16-9-4-3-8-15(16)18(26)22-25/h3-7,10,15-16H,8-9,11H2,1-2H3,(H,22,26)/t15-,16+/m0/s1. The molecule has 1 fully saturated rings. The zero-order valence-corrected chi connectivity index (χ0v) is 16.2. The first kappa shape index (κ1) is 18.9. The van der Waals surface area contributed by atoms with Crippen molar-refractivity contribution in [2.24, 2.45) is 11.8 Å². The van der Waals surface area contributed by atoms with E-state index in [1.165, 1.54) is 9.91 Å². The fourth-order valence-electron chi connectivity index (χ4n) is 3.67. The van der Waals surface area contributed by atoms with Crippen LogP contribution in [0.25, 0.3) is 0 Å². The third kappa shape index (κ3) is 3.63. The van der Waals surface area contributed by atoms with Gasteiger partial charge in [-0.05, 0) is 31.0 Å². The number of hydrazine groups is 1. The number of hydrogen-bond donors (Lipinski definition) is 1. The normalized spacial score (nSPS) is 21.0. The summed E-state index contributed by atoms with van der Waals surface area (Å²) in [7, 11) is 1.63. The molecule has 2 aliphatic rings. The summed E-state index contributed by atoms with van der Waals surface area (Å²) in [5.41, 5.74) is 3.51. The lowest BCUT2D eigenvalue weighted by atomic mass is 9.80. The van der Waals surface area contributed by atoms with Crippen molar-refractivity contribution in [1.82, 2.24) is 20.5 Å². The molecule has 0 bridgehead atoms. The van der Waals surface area contributed by atoms with Gasteiger partial charge in [-0.1, -0.05) is 23.4 Å². The number of amides is 3. The van der Waals surface area contributed by atoms with Gasteiger partial charge in [0.05, 0.1) is 24.1 Å². The molecule has 2 atom stereocenters. The molecule has 1 aliphatic heterocycles. The number of benzene rings is 1. The molecule has 9 heteroatoms. The number of carbonyl (C=O) groups excluding carboxylic acids is 3. The Labute approximate surface area is 167 Å². The number of rotatable bonds is 4. The number of fused-ring (bicyclic) bond motifs is 1. The highest BCUT2D eigenvalue weighted by Gasteiger charge is 2.42. The van der Waals surface area contributed by atoms with Gasteiger partial charge in [-0.3, -0.25) is 19.8 Å². The first-order valence-corrected chi connectivity index (χ1v) is 9.38. The molecule has 9 nitrogen and oxygen atoms in total. The Morgan fingerprint density at radius 2 is 2.03 bits per heavy atom. The number of allylic oxidation sites excluding steroid dienone is 2. The minimum atomic E-state index is -0.378. The van der Waals surface area contributed by atoms with E-state index >= 15 is 0 Å². The number of carbonyl (C=O) groups is 3. The predicted octanol–water partition coefficient (Wildman–Crippen LogP) is 1.61. The third-order valence-corrected chi connectivity index (χ3v) is 5.17. The van der Waals surface area contributed by atoms with E-state index in [1.807, 2.05) is 12.2 Å². The molecule has 2 heterocycles. The number of aryl methyl sites for hydroxylation is 1. The van der Waals surface area contributed by atoms with E-state index in [-0.39, 0.29) is 36.1 Å². The number of nitrogens with zero attached hydrogens (tertiary/aromatic N) is 4. The van der Waals surface area contributed by atoms with Crippen LogP contribution in [-0.4, -0.2) is 39.8 Å². The van der Waals surface area contributed by atoms with Crippen LogP contribution in [-0.2, 0) is 16.1 Å². The average molecular weight is 395 g/mol. The minimum Gasteiger partial charge on any atom is -0.340 e. The van der Waals surface area contributed by atoms with Crippen molar-refractivity contribution < 1.29 is 18.9 Å². The maximum atomic E-state index is 12.9. The van der Waals surface area contributed by atoms with Crippen LogP contribution < -0.4 is 10.4 Å². The van der Waals surface area contributed by atoms with E-state index < -0.39 is 0 Å². The Balaban J connectivity index is 1.53. The van der Waals surface area contributed by atoms with Gasteiger partial charge in [0.2, 0.25) is 17.7 Å². The lowest BCUT2D eigenvalue weighted by Crippen LogP contribution is -2.59. The molecule has 0 radical (unpaired) electrons. The van der Waals surface area contributed by atoms with E-state index in [2.05, 4.69) is 15.6 Å². The Hall–Kier alpha value is -3.49. The van der Waals surface area contributed by atoms with Crippen LogP contribution in [0.15, 0.2) is 40.9 Å². The van der Waals surface area contributed by atoms with E-state index in [9.17, 15) is 14.4 Å². The van der Waals surface area contributed by atoms with Gasteiger partial charge in [0.15, 0.2) is 5.82 Å². The highest BCUT2D eigenvalue weighted by Crippen LogP contribution is 2.32. The Kier molecular flexibility index (Phi) is 4.87. The molecule has 1 aromatic carbocycles. The third-order valence-electron chi connectivity index (χ3n) is 5.17. The lowest BCUT2D eigenvalue weighted by Gasteiger charge is -2.38. The molecule has 2 aromatic rings. The Morgan fingerprint density at radius 1 is 1.28 bits per heavy atom. The summed E-state index contributed by atoms with van der Waals surface area (Å²) in [6, 6.07) is 6.63. The first-order chi connectivity index (χ1) is 13.9. The second-order valence-electron chi connectivity index (χ2n) is 7.25. The van der Waals surface area contributed by atoms with Gasteiger partial charge >= 0.3 is 0 Å². The minimum absolute atomic E-state index is 0.167. The molecule has 3 amide bonds. The van der Waals surface area contributed by atoms with Crippen molar-refractivity contribution in [1.29, 1.82) is 0 Å². The van der Waals surface area contributed by atoms with E-state index in [0.29, 0.717) is 35.8 Å². The molecule has 0 spiro atoms. The zero-order valence-electron chi connectivity index (χ0n) is 16.2. The van der Waals surface area contributed by atoms with Crippen LogP contribution in [0.2, 0.25) is 0 Å². The summed E-state index contributed by atoms with van der Waals surface area (Å²) in [6.07, 6.45) is 4.97. The van der Waals surface area contributed by atoms with Gasteiger partial charge in [0, 0.05) is 19.5 Å². The summed E-state index contributed by atoms with van der Waals surface area (Å²) in [5.74, 6) is -0.485. The van der Waals surface area contributed by atoms with Crippen molar-refractivity contribution in [2.75, 3.05) is 12.1 Å². The van der Waals surface area contributed by atoms with E-state index in [0.717, 1.165) is 0 Å². The second kappa shape index (κ2) is 7.50. The zero-order chi connectivity index (χ0) is 20.5. The topological polar surface area (TPSA) is 109 Å². The van der Waals surface area contributed by atoms with Gasteiger partial charge in [0.1, 0.15) is 0 Å². The smallest absolute Gasteiger partial charge is 0.254 e. The van der Waals surface area contributed by atoms with Crippen LogP contribution in [0.5, 0.6) is 0 Å². The molecule has 29 heavy (non-hydrogen) atoms. The van der Waals surface area contributed by atoms with Crippen molar-refractivity contribution in [3.63, 3.8) is 0 Å². The van der Waals surface area contributed by atoms with Gasteiger partial charge in [-0.15, -0.1) is 0 Å². The van der Waals surface area contributed by atoms with Gasteiger partial charge in [-0.2, -0.15) is 4.98 Å². The molecule has 0 unspecified atom stereocenters. The maximum absolute atomic E-state index is 12.9. The van der Waals surface area contributed by atoms with Gasteiger partial charge < -0.3 is 9.42 Å². The summed E-state index contributed by atoms with van der Waals surface area (Å²) < 4.78 is 4.93. The lowest BCUT2D eigenvalue weighted by molar-refractivity contribution is -0.139. The monoisotopic (exact) mass is 395 g/mol. The maximum Gasteiger partial charge on any atom is 0.254 e. The first-order valence-electron chi connectivity index (χ1n) is 9.38. The van der Waals surface area contributed by atoms with Gasteiger partial charge in [0.25, 0.3) is 5.91 Å². The predicted molar refractivity (Wildman–Crippen MR) is 102 cm³/mol. The van der Waals surface area contributed by atoms with E-state index in [4.69, 9.17) is 4.52 Å². The highest BCUT2D eigenvalue weighted by molar-refractivity contribution is 6.05. The molecule has 1 aliphatic carbocycles. The van der Waals surface area contributed by atoms with E-state index in [1.54, 1.807) is 38.2 Å². The number of anilines is 1. The fraction of sp³-hybridized carbons (Fsp3) is 0.350. The molecular weight excluding hydrogens is 374 g/mol. The fourth-order valence-corrected chi connectivity index (χ4v) is 3.67. The Morgan fingerprint density at radius 3 is 2.76 bits per heavy atom. The largest absolute Gasteiger partial charge is 0.340 e. The number of nitrogens with one attached hydrogen (secondary N) is 1. The van der Waals surface area contributed by atoms with Crippen LogP contribution in [0.1, 0.15) is 34.9 Å². The van der Waals surface area contributed by atoms with Crippen molar-refractivity contribution in [3.05, 3.63) is 53.7 Å². The summed E-state index contributed by atoms with van der Waals surface area (Å²) in [5, 5.41) is 5.05. The van der Waals surface area contributed by atoms with Crippen molar-refractivity contribution in [2.45, 2.75) is 26.3 Å². The van der Waals surface area contributed by atoms with Gasteiger partial charge in [-0.25, -0.2) is 5.01 Å². The molecule has 150 valence electrons. The van der Waals surface area contributed by atoms with Crippen LogP contribution in [0.4, 0.5) is 5.69 Å². The Bertz CT molecular complexity index is 998. The quantitative estimate of drug-likeness (QED) is 0.788. The molecule has 1 N–H and O–H groups in total. The summed E-state index contributed by atoms with van der Waals surface area (Å²) >= 11 is 0. The molecule has 0 saturated carbocycles. The second-order valence-corrected chi connectivity index (χ2v) is 7.25. The molecule has 4 rings (SSSR count). The van der Waals surface area contributed by atoms with Crippen LogP contribution >= 0.6 is 0 Å². The average Bonchev–Trinajstić information content (AvgIpc) is 3.14. The van der Waals surface area contributed by atoms with Crippen LogP contribution in [0, 0.1) is 18.8 Å². The van der Waals surface area contributed by atoms with Crippen molar-refractivity contribution in [3.8, 4) is 0 Å². The molecule has 1 saturated heterocycles. The molecular formula is C20H21N5O4. The van der Waals surface area contributed by atoms with Crippen molar-refractivity contribution >= 4 is 23.4 Å². The number of hydrogen-bond acceptors (Lipinski definition) is 6. The molecule has 1 aromatic heterocycles. The number of aromatic nitrogens is 2. The van der Waals surface area contributed by atoms with Crippen LogP contribution in [0.3, 0.4) is 0 Å².